The van der Waals surface area contributed by atoms with Gasteiger partial charge in [-0.2, -0.15) is 0 Å². The lowest BCUT2D eigenvalue weighted by molar-refractivity contribution is -0.150. The molecule has 0 spiro atoms. The molecule has 1 saturated heterocycles. The number of hydrogen-bond acceptors (Lipinski definition) is 13. The number of carboxylic acid groups (broad SMARTS) is 1. The molecular formula is C31H28N8O7S3. The normalized spacial score (nSPS) is 17.6. The molecule has 2 aliphatic rings. The number of carbonyl (C=O) groups excluding carboxylic acids is 3. The summed E-state index contributed by atoms with van der Waals surface area (Å²) in [7, 11) is 3.52. The topological polar surface area (TPSA) is 211 Å². The monoisotopic (exact) mass is 720 g/mol. The number of thiocarbonyl (C=S) groups is 1. The van der Waals surface area contributed by atoms with Crippen molar-refractivity contribution < 1.29 is 29.4 Å². The van der Waals surface area contributed by atoms with Crippen LogP contribution in [-0.4, -0.2) is 95.1 Å². The van der Waals surface area contributed by atoms with Gasteiger partial charge in [0.15, 0.2) is 5.01 Å². The number of aromatic amines is 1. The van der Waals surface area contributed by atoms with E-state index >= 15 is 0 Å². The first-order chi connectivity index (χ1) is 23.4. The van der Waals surface area contributed by atoms with Crippen LogP contribution in [0.25, 0.3) is 11.0 Å². The lowest BCUT2D eigenvalue weighted by atomic mass is 9.99. The van der Waals surface area contributed by atoms with Crippen LogP contribution >= 0.6 is 35.3 Å². The van der Waals surface area contributed by atoms with Crippen LogP contribution in [0.1, 0.15) is 37.5 Å². The van der Waals surface area contributed by atoms with Crippen molar-refractivity contribution in [2.75, 3.05) is 24.7 Å². The molecule has 49 heavy (non-hydrogen) atoms. The second-order valence-electron chi connectivity index (χ2n) is 11.3. The minimum Gasteiger partial charge on any atom is -0.477 e. The summed E-state index contributed by atoms with van der Waals surface area (Å²) in [5.74, 6) is -3.05. The Morgan fingerprint density at radius 3 is 2.51 bits per heavy atom. The first kappa shape index (κ1) is 33.8. The number of aliphatic hydroxyl groups excluding tert-OH is 1. The number of thioether (sulfide) groups is 1. The van der Waals surface area contributed by atoms with Gasteiger partial charge in [0.2, 0.25) is 11.3 Å². The van der Waals surface area contributed by atoms with Crippen molar-refractivity contribution in [2.45, 2.75) is 31.0 Å². The van der Waals surface area contributed by atoms with Crippen LogP contribution in [0.2, 0.25) is 0 Å². The zero-order valence-electron chi connectivity index (χ0n) is 26.1. The number of aliphatic hydroxyl groups is 1. The number of carbonyl (C=O) groups is 4. The smallest absolute Gasteiger partial charge is 0.353 e. The average molecular weight is 721 g/mol. The van der Waals surface area contributed by atoms with Crippen LogP contribution in [0, 0.1) is 6.92 Å². The lowest BCUT2D eigenvalue weighted by Gasteiger charge is -2.49. The fourth-order valence-corrected chi connectivity index (χ4v) is 7.81. The number of aryl methyl sites for hydroxylation is 1. The maximum atomic E-state index is 13.9. The zero-order chi connectivity index (χ0) is 35.1. The van der Waals surface area contributed by atoms with Gasteiger partial charge in [-0.25, -0.2) is 9.78 Å². The number of β-lactam (4-membered cyclic amide) rings is 1. The highest BCUT2D eigenvalue weighted by molar-refractivity contribution is 8.00. The van der Waals surface area contributed by atoms with E-state index in [0.29, 0.717) is 32.5 Å². The Hall–Kier alpha value is -5.04. The van der Waals surface area contributed by atoms with Crippen LogP contribution in [0.3, 0.4) is 0 Å². The van der Waals surface area contributed by atoms with Gasteiger partial charge in [-0.3, -0.25) is 24.1 Å². The summed E-state index contributed by atoms with van der Waals surface area (Å²) in [5.41, 5.74) is 0.317. The Morgan fingerprint density at radius 1 is 1.14 bits per heavy atom. The molecule has 3 atom stereocenters. The Bertz CT molecular complexity index is 2130. The largest absolute Gasteiger partial charge is 0.477 e. The number of hydrogen-bond donors (Lipinski definition) is 5. The number of aliphatic carboxylic acids is 1. The molecule has 0 bridgehead atoms. The van der Waals surface area contributed by atoms with Crippen molar-refractivity contribution in [1.82, 2.24) is 35.7 Å². The molecule has 2 aliphatic heterocycles. The first-order valence-electron chi connectivity index (χ1n) is 14.7. The van der Waals surface area contributed by atoms with Gasteiger partial charge in [-0.15, -0.1) is 22.0 Å². The lowest BCUT2D eigenvalue weighted by Crippen LogP contribution is -2.71. The number of benzene rings is 1. The summed E-state index contributed by atoms with van der Waals surface area (Å²) < 4.78 is 0. The fourth-order valence-electron chi connectivity index (χ4n) is 5.37. The molecule has 6 rings (SSSR count). The van der Waals surface area contributed by atoms with Crippen LogP contribution in [0.4, 0.5) is 5.82 Å². The maximum Gasteiger partial charge on any atom is 0.353 e. The number of anilines is 1. The third-order valence-electron chi connectivity index (χ3n) is 7.91. The van der Waals surface area contributed by atoms with Gasteiger partial charge in [-0.05, 0) is 30.2 Å². The average Bonchev–Trinajstić information content (AvgIpc) is 3.54. The van der Waals surface area contributed by atoms with Gasteiger partial charge in [0.25, 0.3) is 11.8 Å². The molecule has 1 aromatic carbocycles. The first-order valence-corrected chi connectivity index (χ1v) is 16.9. The second kappa shape index (κ2) is 13.5. The van der Waals surface area contributed by atoms with E-state index in [1.807, 2.05) is 0 Å². The highest BCUT2D eigenvalue weighted by Gasteiger charge is 2.55. The number of amides is 3. The number of fused-ring (bicyclic) bond motifs is 2. The van der Waals surface area contributed by atoms with Crippen molar-refractivity contribution in [3.8, 4) is 0 Å². The summed E-state index contributed by atoms with van der Waals surface area (Å²) in [6.07, 6.45) is 1.23. The minimum absolute atomic E-state index is 0.0315. The Kier molecular flexibility index (Phi) is 9.30. The van der Waals surface area contributed by atoms with Crippen LogP contribution in [0.5, 0.6) is 0 Å². The van der Waals surface area contributed by atoms with Crippen LogP contribution < -0.4 is 21.0 Å². The third kappa shape index (κ3) is 6.30. The van der Waals surface area contributed by atoms with Crippen molar-refractivity contribution >= 4 is 80.7 Å². The number of aromatic nitrogens is 4. The van der Waals surface area contributed by atoms with Crippen molar-refractivity contribution in [2.24, 2.45) is 0 Å². The molecule has 18 heteroatoms. The SMILES string of the molecule is Cc1nnc(C(=S)C2=C(C(=O)O)N3C(=O)C(NC(=O)C(NC(=O)c4c[nH]c5ccc(N(C)C)nc5c4=O)c4ccc(CO)cc4)[C@@H]3SC2)s1. The highest BCUT2D eigenvalue weighted by atomic mass is 32.2. The number of rotatable bonds is 10. The molecule has 2 unspecified atom stereocenters. The standard InChI is InChI=1S/C31H28N8O7S3/c1-13-36-37-28(49-13)25(47)17-12-48-30-22(29(44)39(30)23(17)31(45)46)35-27(43)20(15-6-4-14(11-40)5-7-15)34-26(42)16-10-32-18-8-9-19(38(2)3)33-21(18)24(16)41/h4-10,20,22,30,40H,11-12H2,1-3H3,(H,32,41)(H,34,42)(H,35,43)(H,45,46)/t20?,22?,30-/m0/s1. The maximum absolute atomic E-state index is 13.9. The van der Waals surface area contributed by atoms with E-state index in [4.69, 9.17) is 12.2 Å². The van der Waals surface area contributed by atoms with E-state index in [-0.39, 0.29) is 39.6 Å². The number of nitrogens with zero attached hydrogens (tertiary/aromatic N) is 5. The Morgan fingerprint density at radius 2 is 1.88 bits per heavy atom. The number of pyridine rings is 2. The van der Waals surface area contributed by atoms with Gasteiger partial charge >= 0.3 is 5.97 Å². The zero-order valence-corrected chi connectivity index (χ0v) is 28.5. The fraction of sp³-hybridized carbons (Fsp3) is 0.258. The van der Waals surface area contributed by atoms with Gasteiger partial charge in [-0.1, -0.05) is 47.8 Å². The summed E-state index contributed by atoms with van der Waals surface area (Å²) in [4.78, 5) is 76.9. The Balaban J connectivity index is 1.27. The minimum atomic E-state index is -1.38. The van der Waals surface area contributed by atoms with Gasteiger partial charge in [0, 0.05) is 31.6 Å². The second-order valence-corrected chi connectivity index (χ2v) is 14.0. The molecule has 252 valence electrons. The van der Waals surface area contributed by atoms with Crippen LogP contribution in [0.15, 0.2) is 58.7 Å². The van der Waals surface area contributed by atoms with Gasteiger partial charge in [0.1, 0.15) is 45.1 Å². The quantitative estimate of drug-likeness (QED) is 0.0889. The molecule has 0 radical (unpaired) electrons. The van der Waals surface area contributed by atoms with Crippen molar-refractivity contribution in [1.29, 1.82) is 0 Å². The number of H-pyrrole nitrogens is 1. The number of carboxylic acids is 1. The predicted molar refractivity (Wildman–Crippen MR) is 185 cm³/mol. The molecule has 1 fully saturated rings. The van der Waals surface area contributed by atoms with E-state index in [0.717, 1.165) is 4.90 Å². The van der Waals surface area contributed by atoms with Crippen LogP contribution in [-0.2, 0) is 21.0 Å². The Labute approximate surface area is 291 Å². The summed E-state index contributed by atoms with van der Waals surface area (Å²) in [6, 6.07) is 7.07. The molecule has 5 N–H and O–H groups in total. The van der Waals surface area contributed by atoms with E-state index in [9.17, 15) is 34.2 Å². The molecule has 3 amide bonds. The highest BCUT2D eigenvalue weighted by Crippen LogP contribution is 2.41. The summed E-state index contributed by atoms with van der Waals surface area (Å²) in [6.45, 7) is 1.48. The molecule has 5 heterocycles. The van der Waals surface area contributed by atoms with Crippen molar-refractivity contribution in [3.63, 3.8) is 0 Å². The molecule has 3 aromatic heterocycles. The van der Waals surface area contributed by atoms with E-state index < -0.39 is 46.6 Å². The van der Waals surface area contributed by atoms with E-state index in [1.165, 1.54) is 41.4 Å². The molecule has 0 aliphatic carbocycles. The summed E-state index contributed by atoms with van der Waals surface area (Å²) in [5, 5.41) is 33.1. The number of nitrogens with one attached hydrogen (secondary N) is 3. The predicted octanol–water partition coefficient (Wildman–Crippen LogP) is 1.27. The molecular weight excluding hydrogens is 693 g/mol. The molecule has 15 nitrogen and oxygen atoms in total. The summed E-state index contributed by atoms with van der Waals surface area (Å²) >= 11 is 7.95. The molecule has 0 saturated carbocycles. The molecule has 4 aromatic rings. The van der Waals surface area contributed by atoms with Gasteiger partial charge < -0.3 is 30.7 Å². The van der Waals surface area contributed by atoms with E-state index in [1.54, 1.807) is 50.2 Å². The third-order valence-corrected chi connectivity index (χ3v) is 10.6. The van der Waals surface area contributed by atoms with E-state index in [2.05, 4.69) is 30.8 Å². The van der Waals surface area contributed by atoms with Crippen molar-refractivity contribution in [3.05, 3.63) is 90.8 Å². The van der Waals surface area contributed by atoms with Gasteiger partial charge in [0.05, 0.1) is 17.0 Å².